The van der Waals surface area contributed by atoms with Crippen LogP contribution in [0.5, 0.6) is 0 Å². The molecule has 106 valence electrons. The predicted molar refractivity (Wildman–Crippen MR) is 74.6 cm³/mol. The van der Waals surface area contributed by atoms with Crippen LogP contribution in [-0.4, -0.2) is 21.0 Å². The summed E-state index contributed by atoms with van der Waals surface area (Å²) in [6, 6.07) is 3.66. The maximum atomic E-state index is 13.7. The number of benzene rings is 1. The first-order valence-corrected chi connectivity index (χ1v) is 8.39. The van der Waals surface area contributed by atoms with E-state index in [2.05, 4.69) is 20.7 Å². The van der Waals surface area contributed by atoms with Crippen molar-refractivity contribution in [2.24, 2.45) is 11.7 Å². The molecule has 1 aromatic carbocycles. The Hall–Kier alpha value is -0.500. The van der Waals surface area contributed by atoms with E-state index in [1.165, 1.54) is 12.1 Å². The van der Waals surface area contributed by atoms with Crippen molar-refractivity contribution in [2.75, 3.05) is 6.54 Å². The molecule has 1 aliphatic carbocycles. The van der Waals surface area contributed by atoms with Crippen molar-refractivity contribution in [3.05, 3.63) is 28.5 Å². The second kappa shape index (κ2) is 5.87. The number of halogens is 2. The van der Waals surface area contributed by atoms with Gasteiger partial charge in [-0.1, -0.05) is 22.4 Å². The molecule has 0 amide bonds. The van der Waals surface area contributed by atoms with Gasteiger partial charge >= 0.3 is 0 Å². The van der Waals surface area contributed by atoms with Gasteiger partial charge in [-0.05, 0) is 43.5 Å². The van der Waals surface area contributed by atoms with Gasteiger partial charge in [-0.15, -0.1) is 0 Å². The molecule has 0 aliphatic heterocycles. The molecule has 2 unspecified atom stereocenters. The summed E-state index contributed by atoms with van der Waals surface area (Å²) < 4.78 is 41.2. The van der Waals surface area contributed by atoms with Crippen LogP contribution in [0.15, 0.2) is 27.6 Å². The summed E-state index contributed by atoms with van der Waals surface area (Å²) in [5.74, 6) is -0.622. The molecule has 1 saturated carbocycles. The minimum atomic E-state index is -3.85. The number of rotatable bonds is 4. The van der Waals surface area contributed by atoms with Gasteiger partial charge in [0, 0.05) is 10.5 Å². The van der Waals surface area contributed by atoms with Crippen molar-refractivity contribution in [1.82, 2.24) is 4.72 Å². The lowest BCUT2D eigenvalue weighted by atomic mass is 10.1. The lowest BCUT2D eigenvalue weighted by molar-refractivity contribution is 0.451. The van der Waals surface area contributed by atoms with Crippen molar-refractivity contribution >= 4 is 26.0 Å². The second-order valence-electron chi connectivity index (χ2n) is 4.73. The standard InChI is InChI=1S/C12H16BrFN2O2S/c13-9-4-5-10(14)12(6-9)19(17,18)16-11-3-1-2-8(11)7-15/h4-6,8,11,16H,1-3,7,15H2. The zero-order chi connectivity index (χ0) is 14.0. The SMILES string of the molecule is NCC1CCCC1NS(=O)(=O)c1cc(Br)ccc1F. The van der Waals surface area contributed by atoms with Crippen molar-refractivity contribution in [2.45, 2.75) is 30.2 Å². The maximum absolute atomic E-state index is 13.7. The zero-order valence-electron chi connectivity index (χ0n) is 10.3. The molecule has 1 fully saturated rings. The highest BCUT2D eigenvalue weighted by Crippen LogP contribution is 2.27. The van der Waals surface area contributed by atoms with Crippen molar-refractivity contribution in [1.29, 1.82) is 0 Å². The number of hydrogen-bond acceptors (Lipinski definition) is 3. The van der Waals surface area contributed by atoms with Crippen LogP contribution in [0.3, 0.4) is 0 Å². The number of nitrogens with one attached hydrogen (secondary N) is 1. The van der Waals surface area contributed by atoms with Crippen LogP contribution in [0.2, 0.25) is 0 Å². The van der Waals surface area contributed by atoms with E-state index in [9.17, 15) is 12.8 Å². The van der Waals surface area contributed by atoms with Crippen molar-refractivity contribution in [3.63, 3.8) is 0 Å². The first-order valence-electron chi connectivity index (χ1n) is 6.11. The number of hydrogen-bond donors (Lipinski definition) is 2. The first kappa shape index (κ1) is 14.9. The van der Waals surface area contributed by atoms with Gasteiger partial charge in [-0.25, -0.2) is 17.5 Å². The van der Waals surface area contributed by atoms with E-state index in [0.29, 0.717) is 11.0 Å². The number of sulfonamides is 1. The highest BCUT2D eigenvalue weighted by molar-refractivity contribution is 9.10. The van der Waals surface area contributed by atoms with E-state index >= 15 is 0 Å². The molecule has 0 radical (unpaired) electrons. The fourth-order valence-corrected chi connectivity index (χ4v) is 4.38. The fourth-order valence-electron chi connectivity index (χ4n) is 2.42. The van der Waals surface area contributed by atoms with E-state index in [1.807, 2.05) is 0 Å². The molecule has 2 rings (SSSR count). The van der Waals surface area contributed by atoms with Crippen LogP contribution >= 0.6 is 15.9 Å². The third-order valence-corrected chi connectivity index (χ3v) is 5.45. The molecule has 0 aromatic heterocycles. The van der Waals surface area contributed by atoms with E-state index in [-0.39, 0.29) is 16.9 Å². The lowest BCUT2D eigenvalue weighted by Crippen LogP contribution is -2.40. The Morgan fingerprint density at radius 3 is 2.84 bits per heavy atom. The van der Waals surface area contributed by atoms with Gasteiger partial charge in [0.15, 0.2) is 0 Å². The first-order chi connectivity index (χ1) is 8.94. The van der Waals surface area contributed by atoms with Gasteiger partial charge in [0.25, 0.3) is 0 Å². The Balaban J connectivity index is 2.25. The van der Waals surface area contributed by atoms with Gasteiger partial charge in [0.1, 0.15) is 10.7 Å². The van der Waals surface area contributed by atoms with Crippen LogP contribution in [0.25, 0.3) is 0 Å². The van der Waals surface area contributed by atoms with Crippen LogP contribution in [-0.2, 0) is 10.0 Å². The summed E-state index contributed by atoms with van der Waals surface area (Å²) in [4.78, 5) is -0.329. The summed E-state index contributed by atoms with van der Waals surface area (Å²) >= 11 is 3.15. The highest BCUT2D eigenvalue weighted by Gasteiger charge is 2.31. The topological polar surface area (TPSA) is 72.2 Å². The molecule has 0 heterocycles. The van der Waals surface area contributed by atoms with E-state index in [0.717, 1.165) is 25.3 Å². The van der Waals surface area contributed by atoms with Crippen LogP contribution in [0.1, 0.15) is 19.3 Å². The predicted octanol–water partition coefficient (Wildman–Crippen LogP) is 1.99. The van der Waals surface area contributed by atoms with Gasteiger partial charge in [-0.3, -0.25) is 0 Å². The molecule has 19 heavy (non-hydrogen) atoms. The normalized spacial score (nSPS) is 23.7. The van der Waals surface area contributed by atoms with E-state index in [4.69, 9.17) is 5.73 Å². The molecule has 4 nitrogen and oxygen atoms in total. The fraction of sp³-hybridized carbons (Fsp3) is 0.500. The lowest BCUT2D eigenvalue weighted by Gasteiger charge is -2.19. The van der Waals surface area contributed by atoms with Gasteiger partial charge in [0.05, 0.1) is 0 Å². The molecule has 0 spiro atoms. The Labute approximate surface area is 120 Å². The summed E-state index contributed by atoms with van der Waals surface area (Å²) in [6.07, 6.45) is 2.59. The molecule has 7 heteroatoms. The Morgan fingerprint density at radius 1 is 1.42 bits per heavy atom. The van der Waals surface area contributed by atoms with Gasteiger partial charge in [-0.2, -0.15) is 0 Å². The largest absolute Gasteiger partial charge is 0.330 e. The minimum absolute atomic E-state index is 0.130. The van der Waals surface area contributed by atoms with E-state index in [1.54, 1.807) is 0 Å². The summed E-state index contributed by atoms with van der Waals surface area (Å²) in [7, 11) is -3.85. The molecule has 2 atom stereocenters. The summed E-state index contributed by atoms with van der Waals surface area (Å²) in [6.45, 7) is 0.439. The monoisotopic (exact) mass is 350 g/mol. The third-order valence-electron chi connectivity index (χ3n) is 3.45. The van der Waals surface area contributed by atoms with Crippen LogP contribution < -0.4 is 10.5 Å². The molecular formula is C12H16BrFN2O2S. The van der Waals surface area contributed by atoms with Crippen molar-refractivity contribution < 1.29 is 12.8 Å². The Bertz CT molecular complexity index is 565. The maximum Gasteiger partial charge on any atom is 0.243 e. The van der Waals surface area contributed by atoms with Gasteiger partial charge in [0.2, 0.25) is 10.0 Å². The molecule has 1 aromatic rings. The molecule has 1 aliphatic rings. The van der Waals surface area contributed by atoms with Crippen molar-refractivity contribution in [3.8, 4) is 0 Å². The molecule has 0 bridgehead atoms. The Kier molecular flexibility index (Phi) is 4.60. The molecule has 0 saturated heterocycles. The Morgan fingerprint density at radius 2 is 2.16 bits per heavy atom. The quantitative estimate of drug-likeness (QED) is 0.872. The smallest absolute Gasteiger partial charge is 0.243 e. The third kappa shape index (κ3) is 3.34. The van der Waals surface area contributed by atoms with Gasteiger partial charge < -0.3 is 5.73 Å². The molecule has 3 N–H and O–H groups in total. The zero-order valence-corrected chi connectivity index (χ0v) is 12.7. The molecular weight excluding hydrogens is 335 g/mol. The average molecular weight is 351 g/mol. The summed E-state index contributed by atoms with van der Waals surface area (Å²) in [5.41, 5.74) is 5.62. The second-order valence-corrected chi connectivity index (χ2v) is 7.33. The minimum Gasteiger partial charge on any atom is -0.330 e. The van der Waals surface area contributed by atoms with E-state index < -0.39 is 15.8 Å². The van der Waals surface area contributed by atoms with Crippen LogP contribution in [0, 0.1) is 11.7 Å². The highest BCUT2D eigenvalue weighted by atomic mass is 79.9. The average Bonchev–Trinajstić information content (AvgIpc) is 2.78. The summed E-state index contributed by atoms with van der Waals surface area (Å²) in [5, 5.41) is 0. The number of nitrogens with two attached hydrogens (primary N) is 1. The van der Waals surface area contributed by atoms with Crippen LogP contribution in [0.4, 0.5) is 4.39 Å².